The Bertz CT molecular complexity index is 593. The van der Waals surface area contributed by atoms with E-state index in [0.29, 0.717) is 0 Å². The van der Waals surface area contributed by atoms with Crippen molar-refractivity contribution in [1.82, 2.24) is 0 Å². The molecule has 2 nitrogen and oxygen atoms in total. The van der Waals surface area contributed by atoms with Crippen LogP contribution in [0, 0.1) is 6.92 Å². The predicted molar refractivity (Wildman–Crippen MR) is 82.9 cm³/mol. The molecule has 0 saturated carbocycles. The maximum Gasteiger partial charge on any atom is 0.0810 e. The van der Waals surface area contributed by atoms with Crippen molar-refractivity contribution in [3.63, 3.8) is 0 Å². The van der Waals surface area contributed by atoms with Gasteiger partial charge in [0, 0.05) is 24.3 Å². The quantitative estimate of drug-likeness (QED) is 0.894. The fourth-order valence-corrected chi connectivity index (χ4v) is 2.97. The summed E-state index contributed by atoms with van der Waals surface area (Å²) in [6, 6.07) is 16.8. The van der Waals surface area contributed by atoms with Crippen molar-refractivity contribution < 1.29 is 5.11 Å². The van der Waals surface area contributed by atoms with Crippen LogP contribution in [-0.2, 0) is 6.54 Å². The lowest BCUT2D eigenvalue weighted by Crippen LogP contribution is -2.23. The number of aliphatic hydroxyl groups excluding tert-OH is 1. The van der Waals surface area contributed by atoms with Gasteiger partial charge < -0.3 is 10.0 Å². The number of fused-ring (bicyclic) bond motifs is 1. The van der Waals surface area contributed by atoms with E-state index in [4.69, 9.17) is 0 Å². The van der Waals surface area contributed by atoms with Crippen LogP contribution in [0.5, 0.6) is 0 Å². The lowest BCUT2D eigenvalue weighted by molar-refractivity contribution is 0.168. The molecule has 1 atom stereocenters. The summed E-state index contributed by atoms with van der Waals surface area (Å²) >= 11 is 0. The molecular formula is C18H21NO. The molecule has 1 aliphatic heterocycles. The summed E-state index contributed by atoms with van der Waals surface area (Å²) in [5.74, 6) is 0. The van der Waals surface area contributed by atoms with Crippen LogP contribution in [0.3, 0.4) is 0 Å². The molecule has 3 rings (SSSR count). The van der Waals surface area contributed by atoms with Crippen LogP contribution >= 0.6 is 0 Å². The lowest BCUT2D eigenvalue weighted by atomic mass is 10.0. The summed E-state index contributed by atoms with van der Waals surface area (Å²) in [5.41, 5.74) is 4.94. The molecular weight excluding hydrogens is 246 g/mol. The van der Waals surface area contributed by atoms with Crippen molar-refractivity contribution in [1.29, 1.82) is 0 Å². The Hall–Kier alpha value is -1.80. The Kier molecular flexibility index (Phi) is 3.75. The minimum atomic E-state index is -0.326. The first-order valence-corrected chi connectivity index (χ1v) is 7.32. The number of nitrogens with zero attached hydrogens (tertiary/aromatic N) is 1. The van der Waals surface area contributed by atoms with E-state index in [0.717, 1.165) is 31.5 Å². The van der Waals surface area contributed by atoms with Crippen LogP contribution in [0.2, 0.25) is 0 Å². The molecule has 0 amide bonds. The number of benzene rings is 2. The van der Waals surface area contributed by atoms with E-state index in [-0.39, 0.29) is 6.10 Å². The van der Waals surface area contributed by atoms with E-state index in [1.165, 1.54) is 16.8 Å². The second kappa shape index (κ2) is 5.68. The van der Waals surface area contributed by atoms with Gasteiger partial charge in [-0.05, 0) is 37.0 Å². The third-order valence-corrected chi connectivity index (χ3v) is 4.16. The summed E-state index contributed by atoms with van der Waals surface area (Å²) in [5, 5.41) is 10.3. The highest BCUT2D eigenvalue weighted by Crippen LogP contribution is 2.33. The molecule has 104 valence electrons. The van der Waals surface area contributed by atoms with Crippen LogP contribution in [0.15, 0.2) is 48.5 Å². The van der Waals surface area contributed by atoms with Crippen LogP contribution < -0.4 is 4.90 Å². The molecule has 2 heteroatoms. The maximum atomic E-state index is 10.3. The summed E-state index contributed by atoms with van der Waals surface area (Å²) in [6.07, 6.45) is 1.55. The van der Waals surface area contributed by atoms with E-state index in [2.05, 4.69) is 54.3 Å². The van der Waals surface area contributed by atoms with Crippen molar-refractivity contribution in [2.24, 2.45) is 0 Å². The van der Waals surface area contributed by atoms with Crippen LogP contribution in [-0.4, -0.2) is 11.7 Å². The first-order chi connectivity index (χ1) is 9.75. The summed E-state index contributed by atoms with van der Waals surface area (Å²) < 4.78 is 0. The summed E-state index contributed by atoms with van der Waals surface area (Å²) in [7, 11) is 0. The van der Waals surface area contributed by atoms with E-state index in [1.54, 1.807) is 0 Å². The normalized spacial score (nSPS) is 18.5. The fraction of sp³-hybridized carbons (Fsp3) is 0.333. The Labute approximate surface area is 120 Å². The van der Waals surface area contributed by atoms with E-state index >= 15 is 0 Å². The first kappa shape index (κ1) is 13.2. The van der Waals surface area contributed by atoms with Gasteiger partial charge >= 0.3 is 0 Å². The SMILES string of the molecule is Cc1ccccc1CN1CCCC(O)c2ccccc21. The van der Waals surface area contributed by atoms with Crippen molar-refractivity contribution in [2.75, 3.05) is 11.4 Å². The van der Waals surface area contributed by atoms with Gasteiger partial charge in [0.2, 0.25) is 0 Å². The maximum absolute atomic E-state index is 10.3. The Morgan fingerprint density at radius 1 is 1.10 bits per heavy atom. The van der Waals surface area contributed by atoms with Gasteiger partial charge in [0.1, 0.15) is 0 Å². The second-order valence-corrected chi connectivity index (χ2v) is 5.56. The number of hydrogen-bond donors (Lipinski definition) is 1. The number of aliphatic hydroxyl groups is 1. The number of para-hydroxylation sites is 1. The van der Waals surface area contributed by atoms with E-state index < -0.39 is 0 Å². The smallest absolute Gasteiger partial charge is 0.0810 e. The molecule has 1 heterocycles. The molecule has 0 radical (unpaired) electrons. The Balaban J connectivity index is 1.94. The van der Waals surface area contributed by atoms with Crippen molar-refractivity contribution in [3.8, 4) is 0 Å². The van der Waals surface area contributed by atoms with Crippen LogP contribution in [0.1, 0.15) is 35.6 Å². The predicted octanol–water partition coefficient (Wildman–Crippen LogP) is 3.83. The van der Waals surface area contributed by atoms with Gasteiger partial charge in [-0.2, -0.15) is 0 Å². The highest BCUT2D eigenvalue weighted by Gasteiger charge is 2.21. The van der Waals surface area contributed by atoms with Gasteiger partial charge in [-0.15, -0.1) is 0 Å². The molecule has 0 saturated heterocycles. The number of hydrogen-bond acceptors (Lipinski definition) is 2. The Morgan fingerprint density at radius 2 is 1.85 bits per heavy atom. The minimum Gasteiger partial charge on any atom is -0.388 e. The van der Waals surface area contributed by atoms with Gasteiger partial charge in [-0.3, -0.25) is 0 Å². The zero-order valence-corrected chi connectivity index (χ0v) is 11.9. The molecule has 1 N–H and O–H groups in total. The standard InChI is InChI=1S/C18H21NO/c1-14-7-2-3-8-15(14)13-19-12-6-11-18(20)16-9-4-5-10-17(16)19/h2-5,7-10,18,20H,6,11-13H2,1H3. The average molecular weight is 267 g/mol. The van der Waals surface area contributed by atoms with E-state index in [9.17, 15) is 5.11 Å². The van der Waals surface area contributed by atoms with Gasteiger partial charge in [0.25, 0.3) is 0 Å². The topological polar surface area (TPSA) is 23.5 Å². The largest absolute Gasteiger partial charge is 0.388 e. The van der Waals surface area contributed by atoms with Gasteiger partial charge in [0.15, 0.2) is 0 Å². The monoisotopic (exact) mass is 267 g/mol. The average Bonchev–Trinajstić information content (AvgIpc) is 2.62. The fourth-order valence-electron chi connectivity index (χ4n) is 2.97. The highest BCUT2D eigenvalue weighted by atomic mass is 16.3. The van der Waals surface area contributed by atoms with E-state index in [1.807, 2.05) is 6.07 Å². The number of rotatable bonds is 2. The molecule has 1 aliphatic rings. The molecule has 2 aromatic carbocycles. The zero-order valence-electron chi connectivity index (χ0n) is 11.9. The zero-order chi connectivity index (χ0) is 13.9. The lowest BCUT2D eigenvalue weighted by Gasteiger charge is -2.26. The molecule has 0 fully saturated rings. The molecule has 2 aromatic rings. The number of anilines is 1. The summed E-state index contributed by atoms with van der Waals surface area (Å²) in [6.45, 7) is 4.08. The molecule has 1 unspecified atom stereocenters. The minimum absolute atomic E-state index is 0.326. The molecule has 0 aromatic heterocycles. The first-order valence-electron chi connectivity index (χ1n) is 7.32. The van der Waals surface area contributed by atoms with Gasteiger partial charge in [-0.1, -0.05) is 42.5 Å². The summed E-state index contributed by atoms with van der Waals surface area (Å²) in [4.78, 5) is 2.40. The van der Waals surface area contributed by atoms with Crippen molar-refractivity contribution >= 4 is 5.69 Å². The molecule has 0 bridgehead atoms. The van der Waals surface area contributed by atoms with Crippen molar-refractivity contribution in [2.45, 2.75) is 32.4 Å². The van der Waals surface area contributed by atoms with Crippen molar-refractivity contribution in [3.05, 3.63) is 65.2 Å². The second-order valence-electron chi connectivity index (χ2n) is 5.56. The van der Waals surface area contributed by atoms with Gasteiger partial charge in [-0.25, -0.2) is 0 Å². The molecule has 0 aliphatic carbocycles. The van der Waals surface area contributed by atoms with Crippen LogP contribution in [0.4, 0.5) is 5.69 Å². The number of aryl methyl sites for hydroxylation is 1. The molecule has 20 heavy (non-hydrogen) atoms. The highest BCUT2D eigenvalue weighted by molar-refractivity contribution is 5.56. The third kappa shape index (κ3) is 2.56. The van der Waals surface area contributed by atoms with Gasteiger partial charge in [0.05, 0.1) is 6.10 Å². The Morgan fingerprint density at radius 3 is 2.70 bits per heavy atom. The third-order valence-electron chi connectivity index (χ3n) is 4.16. The molecule has 0 spiro atoms. The van der Waals surface area contributed by atoms with Crippen LogP contribution in [0.25, 0.3) is 0 Å².